The molecule has 9 nitrogen and oxygen atoms in total. The van der Waals surface area contributed by atoms with Crippen LogP contribution in [-0.4, -0.2) is 78.8 Å². The quantitative estimate of drug-likeness (QED) is 0.732. The van der Waals surface area contributed by atoms with Crippen LogP contribution in [0.4, 0.5) is 0 Å². The molecular weight excluding hydrogens is 418 g/mol. The first-order valence-electron chi connectivity index (χ1n) is 11.2. The van der Waals surface area contributed by atoms with Gasteiger partial charge >= 0.3 is 0 Å². The van der Waals surface area contributed by atoms with Crippen LogP contribution in [0.15, 0.2) is 22.4 Å². The van der Waals surface area contributed by atoms with Crippen molar-refractivity contribution in [2.75, 3.05) is 39.8 Å². The normalized spacial score (nSPS) is 27.7. The van der Waals surface area contributed by atoms with Gasteiger partial charge in [-0.15, -0.1) is 0 Å². The Morgan fingerprint density at radius 2 is 1.97 bits per heavy atom. The Morgan fingerprint density at radius 1 is 1.26 bits per heavy atom. The lowest BCUT2D eigenvalue weighted by atomic mass is 9.73. The Hall–Kier alpha value is -1.75. The second-order valence-electron chi connectivity index (χ2n) is 9.77. The number of carbonyl (C=O) groups excluding carboxylic acids is 1. The fraction of sp³-hybridized carbons (Fsp3) is 0.714. The molecule has 0 aromatic carbocycles. The van der Waals surface area contributed by atoms with E-state index < -0.39 is 10.2 Å². The van der Waals surface area contributed by atoms with Crippen molar-refractivity contribution in [1.29, 1.82) is 0 Å². The summed E-state index contributed by atoms with van der Waals surface area (Å²) in [6, 6.07) is 1.48. The minimum atomic E-state index is -3.50. The maximum absolute atomic E-state index is 13.2. The second kappa shape index (κ2) is 7.68. The zero-order chi connectivity index (χ0) is 21.8. The number of piperidine rings is 1. The summed E-state index contributed by atoms with van der Waals surface area (Å²) in [5, 5.41) is 6.75. The van der Waals surface area contributed by atoms with Crippen molar-refractivity contribution in [2.24, 2.45) is 5.41 Å². The van der Waals surface area contributed by atoms with E-state index in [9.17, 15) is 13.2 Å². The van der Waals surface area contributed by atoms with Gasteiger partial charge < -0.3 is 14.7 Å². The van der Waals surface area contributed by atoms with Gasteiger partial charge in [0.25, 0.3) is 16.1 Å². The molecule has 3 fully saturated rings. The third kappa shape index (κ3) is 4.06. The first-order chi connectivity index (χ1) is 14.8. The minimum Gasteiger partial charge on any atom is -0.360 e. The zero-order valence-corrected chi connectivity index (χ0v) is 19.0. The second-order valence-corrected chi connectivity index (χ2v) is 11.7. The molecule has 1 spiro atoms. The van der Waals surface area contributed by atoms with Crippen LogP contribution in [0.1, 0.15) is 61.2 Å². The number of amides is 1. The van der Waals surface area contributed by atoms with Crippen molar-refractivity contribution in [2.45, 2.75) is 51.0 Å². The molecule has 2 saturated heterocycles. The first kappa shape index (κ1) is 21.1. The molecule has 4 heterocycles. The number of likely N-dealkylation sites (tertiary alicyclic amines) is 1. The summed E-state index contributed by atoms with van der Waals surface area (Å²) in [6.45, 7) is 5.46. The molecule has 1 amide bonds. The third-order valence-electron chi connectivity index (χ3n) is 7.23. The number of carbonyl (C=O) groups is 1. The number of hydrogen-bond donors (Lipinski definition) is 1. The summed E-state index contributed by atoms with van der Waals surface area (Å²) in [5.74, 6) is 0.861. The standard InChI is InChI=1S/C21H31N5O4S/c1-15-11-17(22-20(27)18-12-19(30-23-18)16-3-4-16)5-8-26(15)31(28,29)25-13-21(14-25)6-9-24(2)10-7-21/h5,12,15-16H,3-4,6-11,13-14H2,1-2H3,(H,22,27). The van der Waals surface area contributed by atoms with E-state index in [1.165, 1.54) is 0 Å². The Labute approximate surface area is 183 Å². The molecule has 0 radical (unpaired) electrons. The van der Waals surface area contributed by atoms with Gasteiger partial charge in [-0.1, -0.05) is 5.16 Å². The molecule has 1 aromatic heterocycles. The molecule has 1 atom stereocenters. The topological polar surface area (TPSA) is 99.0 Å². The highest BCUT2D eigenvalue weighted by atomic mass is 32.2. The lowest BCUT2D eigenvalue weighted by molar-refractivity contribution is 0.00343. The number of rotatable bonds is 5. The molecule has 1 N–H and O–H groups in total. The van der Waals surface area contributed by atoms with Crippen LogP contribution in [0.3, 0.4) is 0 Å². The Kier molecular flexibility index (Phi) is 5.23. The molecule has 1 aromatic rings. The van der Waals surface area contributed by atoms with Gasteiger partial charge in [-0.3, -0.25) is 4.79 Å². The van der Waals surface area contributed by atoms with E-state index in [2.05, 4.69) is 22.4 Å². The van der Waals surface area contributed by atoms with Gasteiger partial charge in [0.1, 0.15) is 5.76 Å². The largest absolute Gasteiger partial charge is 0.360 e. The van der Waals surface area contributed by atoms with Gasteiger partial charge in [0.05, 0.1) is 0 Å². The lowest BCUT2D eigenvalue weighted by Gasteiger charge is -2.54. The van der Waals surface area contributed by atoms with Crippen LogP contribution in [0.5, 0.6) is 0 Å². The smallest absolute Gasteiger partial charge is 0.282 e. The molecule has 1 aliphatic carbocycles. The van der Waals surface area contributed by atoms with E-state index in [0.29, 0.717) is 25.4 Å². The van der Waals surface area contributed by atoms with Gasteiger partial charge in [0, 0.05) is 55.2 Å². The van der Waals surface area contributed by atoms with Gasteiger partial charge in [0.15, 0.2) is 5.69 Å². The van der Waals surface area contributed by atoms with Gasteiger partial charge in [-0.2, -0.15) is 17.0 Å². The van der Waals surface area contributed by atoms with Crippen LogP contribution in [0.25, 0.3) is 0 Å². The molecule has 170 valence electrons. The fourth-order valence-electron chi connectivity index (χ4n) is 4.90. The fourth-order valence-corrected chi connectivity index (χ4v) is 6.86. The van der Waals surface area contributed by atoms with Crippen molar-refractivity contribution in [1.82, 2.24) is 24.0 Å². The van der Waals surface area contributed by atoms with Crippen molar-refractivity contribution in [3.05, 3.63) is 29.3 Å². The van der Waals surface area contributed by atoms with E-state index in [-0.39, 0.29) is 29.6 Å². The highest BCUT2D eigenvalue weighted by Gasteiger charge is 2.51. The van der Waals surface area contributed by atoms with Crippen LogP contribution < -0.4 is 5.32 Å². The molecule has 10 heteroatoms. The number of nitrogens with zero attached hydrogens (tertiary/aromatic N) is 4. The summed E-state index contributed by atoms with van der Waals surface area (Å²) in [6.07, 6.45) is 6.54. The van der Waals surface area contributed by atoms with Crippen LogP contribution in [0, 0.1) is 5.41 Å². The van der Waals surface area contributed by atoms with Crippen molar-refractivity contribution < 1.29 is 17.7 Å². The molecule has 31 heavy (non-hydrogen) atoms. The summed E-state index contributed by atoms with van der Waals surface area (Å²) < 4.78 is 34.8. The number of hydrogen-bond acceptors (Lipinski definition) is 6. The lowest BCUT2D eigenvalue weighted by Crippen LogP contribution is -2.64. The predicted octanol–water partition coefficient (Wildman–Crippen LogP) is 1.53. The average Bonchev–Trinajstić information content (AvgIpc) is 3.43. The Balaban J connectivity index is 1.19. The molecule has 5 rings (SSSR count). The van der Waals surface area contributed by atoms with E-state index >= 15 is 0 Å². The van der Waals surface area contributed by atoms with E-state index in [1.807, 2.05) is 6.92 Å². The van der Waals surface area contributed by atoms with Crippen molar-refractivity contribution in [3.63, 3.8) is 0 Å². The van der Waals surface area contributed by atoms with E-state index in [1.54, 1.807) is 20.8 Å². The van der Waals surface area contributed by atoms with Crippen LogP contribution >= 0.6 is 0 Å². The summed E-state index contributed by atoms with van der Waals surface area (Å²) in [7, 11) is -1.38. The summed E-state index contributed by atoms with van der Waals surface area (Å²) >= 11 is 0. The molecule has 3 aliphatic heterocycles. The maximum Gasteiger partial charge on any atom is 0.282 e. The SMILES string of the molecule is CC1CC(NC(=O)c2cc(C3CC3)on2)=CCN1S(=O)(=O)N1CC2(CCN(C)CC2)C1. The highest BCUT2D eigenvalue weighted by Crippen LogP contribution is 2.42. The van der Waals surface area contributed by atoms with Crippen molar-refractivity contribution in [3.8, 4) is 0 Å². The number of aromatic nitrogens is 1. The van der Waals surface area contributed by atoms with Crippen LogP contribution in [0.2, 0.25) is 0 Å². The maximum atomic E-state index is 13.2. The van der Waals surface area contributed by atoms with Crippen LogP contribution in [-0.2, 0) is 10.2 Å². The predicted molar refractivity (Wildman–Crippen MR) is 114 cm³/mol. The minimum absolute atomic E-state index is 0.157. The Bertz CT molecular complexity index is 983. The summed E-state index contributed by atoms with van der Waals surface area (Å²) in [5.41, 5.74) is 1.16. The summed E-state index contributed by atoms with van der Waals surface area (Å²) in [4.78, 5) is 14.8. The molecule has 4 aliphatic rings. The monoisotopic (exact) mass is 449 g/mol. The van der Waals surface area contributed by atoms with E-state index in [0.717, 1.165) is 50.2 Å². The molecule has 1 unspecified atom stereocenters. The highest BCUT2D eigenvalue weighted by molar-refractivity contribution is 7.86. The Morgan fingerprint density at radius 3 is 2.61 bits per heavy atom. The molecular formula is C21H31N5O4S. The molecule has 0 bridgehead atoms. The van der Waals surface area contributed by atoms with Crippen molar-refractivity contribution >= 4 is 16.1 Å². The van der Waals surface area contributed by atoms with Gasteiger partial charge in [-0.25, -0.2) is 0 Å². The zero-order valence-electron chi connectivity index (χ0n) is 18.2. The molecule has 1 saturated carbocycles. The third-order valence-corrected chi connectivity index (χ3v) is 9.25. The van der Waals surface area contributed by atoms with Gasteiger partial charge in [-0.05, 0) is 58.8 Å². The average molecular weight is 450 g/mol. The van der Waals surface area contributed by atoms with Gasteiger partial charge in [0.2, 0.25) is 0 Å². The first-order valence-corrected chi connectivity index (χ1v) is 12.6. The number of nitrogens with one attached hydrogen (secondary N) is 1. The van der Waals surface area contributed by atoms with E-state index in [4.69, 9.17) is 4.52 Å².